The van der Waals surface area contributed by atoms with Crippen LogP contribution < -0.4 is 15.4 Å². The van der Waals surface area contributed by atoms with Crippen LogP contribution in [0.5, 0.6) is 5.75 Å². The van der Waals surface area contributed by atoms with Crippen LogP contribution >= 0.6 is 0 Å². The van der Waals surface area contributed by atoms with E-state index < -0.39 is 10.0 Å². The summed E-state index contributed by atoms with van der Waals surface area (Å²) in [6, 6.07) is 4.69. The molecule has 26 heavy (non-hydrogen) atoms. The molecule has 9 heteroatoms. The molecule has 0 aromatic heterocycles. The molecule has 2 aliphatic heterocycles. The molecule has 3 aliphatic rings. The fourth-order valence-electron chi connectivity index (χ4n) is 3.29. The summed E-state index contributed by atoms with van der Waals surface area (Å²) < 4.78 is 32.6. The third kappa shape index (κ3) is 3.41. The van der Waals surface area contributed by atoms with Gasteiger partial charge in [-0.05, 0) is 43.9 Å². The van der Waals surface area contributed by atoms with E-state index in [9.17, 15) is 18.0 Å². The Kier molecular flexibility index (Phi) is 4.36. The van der Waals surface area contributed by atoms with E-state index in [4.69, 9.17) is 4.74 Å². The molecule has 8 nitrogen and oxygen atoms in total. The lowest BCUT2D eigenvalue weighted by Gasteiger charge is -2.31. The van der Waals surface area contributed by atoms with Crippen LogP contribution in [-0.2, 0) is 19.6 Å². The lowest BCUT2D eigenvalue weighted by atomic mass is 9.99. The zero-order valence-corrected chi connectivity index (χ0v) is 15.0. The Morgan fingerprint density at radius 2 is 2.08 bits per heavy atom. The summed E-state index contributed by atoms with van der Waals surface area (Å²) in [5, 5.41) is 5.58. The molecule has 1 atom stereocenters. The fourth-order valence-corrected chi connectivity index (χ4v) is 4.84. The van der Waals surface area contributed by atoms with E-state index in [1.54, 1.807) is 6.07 Å². The van der Waals surface area contributed by atoms with Crippen molar-refractivity contribution in [3.05, 3.63) is 18.2 Å². The second-order valence-corrected chi connectivity index (χ2v) is 8.92. The lowest BCUT2D eigenvalue weighted by molar-refractivity contribution is -0.126. The van der Waals surface area contributed by atoms with Gasteiger partial charge in [0, 0.05) is 19.1 Å². The molecule has 4 rings (SSSR count). The van der Waals surface area contributed by atoms with E-state index in [1.807, 2.05) is 0 Å². The van der Waals surface area contributed by atoms with Crippen molar-refractivity contribution in [2.24, 2.45) is 5.92 Å². The summed E-state index contributed by atoms with van der Waals surface area (Å²) in [5.41, 5.74) is 0.349. The smallest absolute Gasteiger partial charge is 0.262 e. The Labute approximate surface area is 151 Å². The second-order valence-electron chi connectivity index (χ2n) is 6.98. The number of sulfonamides is 1. The van der Waals surface area contributed by atoms with Crippen LogP contribution in [0.15, 0.2) is 23.1 Å². The highest BCUT2D eigenvalue weighted by Gasteiger charge is 2.35. The highest BCUT2D eigenvalue weighted by atomic mass is 32.2. The molecule has 0 radical (unpaired) electrons. The molecular formula is C17H21N3O5S. The van der Waals surface area contributed by atoms with Gasteiger partial charge in [0.05, 0.1) is 16.5 Å². The normalized spacial score (nSPS) is 23.5. The van der Waals surface area contributed by atoms with Gasteiger partial charge in [-0.2, -0.15) is 4.31 Å². The third-order valence-electron chi connectivity index (χ3n) is 4.90. The van der Waals surface area contributed by atoms with Gasteiger partial charge in [-0.15, -0.1) is 0 Å². The van der Waals surface area contributed by atoms with Crippen LogP contribution in [0.4, 0.5) is 5.69 Å². The number of hydrogen-bond donors (Lipinski definition) is 2. The summed E-state index contributed by atoms with van der Waals surface area (Å²) in [6.45, 7) is 0.485. The number of fused-ring (bicyclic) bond motifs is 1. The molecule has 1 aliphatic carbocycles. The summed E-state index contributed by atoms with van der Waals surface area (Å²) in [6.07, 6.45) is 3.35. The van der Waals surface area contributed by atoms with Crippen molar-refractivity contribution in [2.45, 2.75) is 36.6 Å². The molecule has 0 unspecified atom stereocenters. The maximum Gasteiger partial charge on any atom is 0.262 e. The maximum absolute atomic E-state index is 13.0. The van der Waals surface area contributed by atoms with E-state index in [0.717, 1.165) is 12.8 Å². The number of anilines is 1. The first-order valence-corrected chi connectivity index (χ1v) is 10.2. The molecule has 2 amide bonds. The number of nitrogens with one attached hydrogen (secondary N) is 2. The number of ether oxygens (including phenoxy) is 1. The molecule has 2 N–H and O–H groups in total. The van der Waals surface area contributed by atoms with Crippen molar-refractivity contribution >= 4 is 27.5 Å². The van der Waals surface area contributed by atoms with Crippen molar-refractivity contribution < 1.29 is 22.7 Å². The van der Waals surface area contributed by atoms with Gasteiger partial charge in [0.25, 0.3) is 5.91 Å². The Morgan fingerprint density at radius 3 is 2.85 bits per heavy atom. The summed E-state index contributed by atoms with van der Waals surface area (Å²) in [4.78, 5) is 23.8. The van der Waals surface area contributed by atoms with E-state index in [-0.39, 0.29) is 41.8 Å². The monoisotopic (exact) mass is 379 g/mol. The van der Waals surface area contributed by atoms with Gasteiger partial charge in [0.15, 0.2) is 6.61 Å². The summed E-state index contributed by atoms with van der Waals surface area (Å²) >= 11 is 0. The molecule has 0 spiro atoms. The van der Waals surface area contributed by atoms with Gasteiger partial charge in [0.2, 0.25) is 15.9 Å². The highest BCUT2D eigenvalue weighted by molar-refractivity contribution is 7.89. The minimum atomic E-state index is -3.75. The van der Waals surface area contributed by atoms with Gasteiger partial charge in [-0.25, -0.2) is 8.42 Å². The first-order chi connectivity index (χ1) is 12.4. The van der Waals surface area contributed by atoms with Crippen LogP contribution in [-0.4, -0.2) is 50.3 Å². The molecule has 1 saturated carbocycles. The predicted molar refractivity (Wildman–Crippen MR) is 93.2 cm³/mol. The standard InChI is InChI=1S/C17H21N3O5S/c21-16-10-25-15-6-5-13(8-14(15)19-16)26(23,24)20-7-1-2-11(9-20)17(22)18-12-3-4-12/h5-6,8,11-12H,1-4,7,9-10H2,(H,18,22)(H,19,21)/t11-/m1/s1. The van der Waals surface area contributed by atoms with Crippen molar-refractivity contribution in [2.75, 3.05) is 25.0 Å². The van der Waals surface area contributed by atoms with Crippen molar-refractivity contribution in [1.29, 1.82) is 0 Å². The average Bonchev–Trinajstić information content (AvgIpc) is 3.45. The van der Waals surface area contributed by atoms with Gasteiger partial charge >= 0.3 is 0 Å². The van der Waals surface area contributed by atoms with E-state index in [1.165, 1.54) is 16.4 Å². The van der Waals surface area contributed by atoms with Gasteiger partial charge in [-0.1, -0.05) is 0 Å². The van der Waals surface area contributed by atoms with Crippen LogP contribution in [0.3, 0.4) is 0 Å². The number of benzene rings is 1. The Hall–Kier alpha value is -2.13. The van der Waals surface area contributed by atoms with Crippen LogP contribution in [0.25, 0.3) is 0 Å². The second kappa shape index (κ2) is 6.55. The molecular weight excluding hydrogens is 358 g/mol. The van der Waals surface area contributed by atoms with Crippen LogP contribution in [0.1, 0.15) is 25.7 Å². The molecule has 2 heterocycles. The molecule has 1 saturated heterocycles. The van der Waals surface area contributed by atoms with E-state index in [2.05, 4.69) is 10.6 Å². The third-order valence-corrected chi connectivity index (χ3v) is 6.76. The quantitative estimate of drug-likeness (QED) is 0.801. The van der Waals surface area contributed by atoms with Crippen LogP contribution in [0, 0.1) is 5.92 Å². The SMILES string of the molecule is O=C1COc2ccc(S(=O)(=O)N3CCC[C@@H](C(=O)NC4CC4)C3)cc2N1. The van der Waals surface area contributed by atoms with Gasteiger partial charge in [0.1, 0.15) is 5.75 Å². The lowest BCUT2D eigenvalue weighted by Crippen LogP contribution is -2.45. The number of carbonyl (C=O) groups excluding carboxylic acids is 2. The summed E-state index contributed by atoms with van der Waals surface area (Å²) in [5.74, 6) is -0.246. The van der Waals surface area contributed by atoms with Gasteiger partial charge < -0.3 is 15.4 Å². The number of rotatable bonds is 4. The minimum Gasteiger partial charge on any atom is -0.482 e. The molecule has 1 aromatic rings. The van der Waals surface area contributed by atoms with Crippen molar-refractivity contribution in [1.82, 2.24) is 9.62 Å². The number of hydrogen-bond acceptors (Lipinski definition) is 5. The van der Waals surface area contributed by atoms with Crippen molar-refractivity contribution in [3.8, 4) is 5.75 Å². The number of piperidine rings is 1. The fraction of sp³-hybridized carbons (Fsp3) is 0.529. The average molecular weight is 379 g/mol. The largest absolute Gasteiger partial charge is 0.482 e. The van der Waals surface area contributed by atoms with Gasteiger partial charge in [-0.3, -0.25) is 9.59 Å². The topological polar surface area (TPSA) is 105 Å². The first kappa shape index (κ1) is 17.3. The maximum atomic E-state index is 13.0. The van der Waals surface area contributed by atoms with E-state index >= 15 is 0 Å². The zero-order chi connectivity index (χ0) is 18.3. The number of nitrogens with zero attached hydrogens (tertiary/aromatic N) is 1. The van der Waals surface area contributed by atoms with Crippen LogP contribution in [0.2, 0.25) is 0 Å². The Morgan fingerprint density at radius 1 is 1.27 bits per heavy atom. The summed E-state index contributed by atoms with van der Waals surface area (Å²) in [7, 11) is -3.75. The first-order valence-electron chi connectivity index (χ1n) is 8.81. The number of amides is 2. The zero-order valence-electron chi connectivity index (χ0n) is 14.2. The van der Waals surface area contributed by atoms with Crippen molar-refractivity contribution in [3.63, 3.8) is 0 Å². The molecule has 0 bridgehead atoms. The molecule has 2 fully saturated rings. The number of carbonyl (C=O) groups is 2. The Bertz CT molecular complexity index is 850. The minimum absolute atomic E-state index is 0.0569. The Balaban J connectivity index is 1.53. The highest BCUT2D eigenvalue weighted by Crippen LogP contribution is 2.32. The van der Waals surface area contributed by atoms with E-state index in [0.29, 0.717) is 30.8 Å². The predicted octanol–water partition coefficient (Wildman–Crippen LogP) is 0.697. The molecule has 140 valence electrons. The molecule has 1 aromatic carbocycles.